The summed E-state index contributed by atoms with van der Waals surface area (Å²) in [6, 6.07) is 9.52. The first kappa shape index (κ1) is 17.9. The molecule has 0 unspecified atom stereocenters. The monoisotopic (exact) mass is 382 g/mol. The summed E-state index contributed by atoms with van der Waals surface area (Å²) < 4.78 is 5.42. The average Bonchev–Trinajstić information content (AvgIpc) is 3.29. The highest BCUT2D eigenvalue weighted by Gasteiger charge is 2.39. The summed E-state index contributed by atoms with van der Waals surface area (Å²) in [4.78, 5) is 17.1. The van der Waals surface area contributed by atoms with Crippen LogP contribution < -0.4 is 11.1 Å². The third-order valence-electron chi connectivity index (χ3n) is 5.08. The molecule has 2 aromatic heterocycles. The molecule has 3 aromatic rings. The smallest absolute Gasteiger partial charge is 0.260 e. The quantitative estimate of drug-likeness (QED) is 0.677. The molecular weight excluding hydrogens is 360 g/mol. The van der Waals surface area contributed by atoms with Crippen molar-refractivity contribution in [3.63, 3.8) is 0 Å². The van der Waals surface area contributed by atoms with Crippen molar-refractivity contribution in [1.29, 1.82) is 0 Å². The molecular formula is C20H22N4O2S. The number of rotatable bonds is 5. The van der Waals surface area contributed by atoms with Gasteiger partial charge >= 0.3 is 0 Å². The molecule has 4 rings (SSSR count). The largest absolute Gasteiger partial charge is 0.334 e. The lowest BCUT2D eigenvalue weighted by molar-refractivity contribution is 0.102. The minimum atomic E-state index is -0.473. The standard InChI is InChI=1S/C20H22N4O2S/c1-12(2)13-4-6-14(7-5-13)16(25)22-18-15(8-11-27-18)17-23-19(24-26-17)20(21)9-3-10-20/h4-8,11-12H,3,9-10,21H2,1-2H3,(H,22,25). The molecule has 1 aromatic carbocycles. The second kappa shape index (κ2) is 6.90. The zero-order valence-electron chi connectivity index (χ0n) is 15.4. The van der Waals surface area contributed by atoms with E-state index in [4.69, 9.17) is 10.3 Å². The predicted molar refractivity (Wildman–Crippen MR) is 106 cm³/mol. The molecule has 1 saturated carbocycles. The summed E-state index contributed by atoms with van der Waals surface area (Å²) in [6.07, 6.45) is 2.81. The zero-order chi connectivity index (χ0) is 19.0. The molecule has 140 valence electrons. The average molecular weight is 382 g/mol. The number of benzene rings is 1. The number of carbonyl (C=O) groups is 1. The maximum Gasteiger partial charge on any atom is 0.260 e. The van der Waals surface area contributed by atoms with Crippen molar-refractivity contribution in [3.8, 4) is 11.5 Å². The second-order valence-corrected chi connectivity index (χ2v) is 8.24. The zero-order valence-corrected chi connectivity index (χ0v) is 16.2. The van der Waals surface area contributed by atoms with Gasteiger partial charge in [-0.1, -0.05) is 31.1 Å². The molecule has 0 bridgehead atoms. The lowest BCUT2D eigenvalue weighted by Crippen LogP contribution is -2.44. The Hall–Kier alpha value is -2.51. The maximum absolute atomic E-state index is 12.6. The van der Waals surface area contributed by atoms with Gasteiger partial charge in [0.15, 0.2) is 5.82 Å². The summed E-state index contributed by atoms with van der Waals surface area (Å²) >= 11 is 1.42. The number of nitrogens with zero attached hydrogens (tertiary/aromatic N) is 2. The van der Waals surface area contributed by atoms with Crippen molar-refractivity contribution in [1.82, 2.24) is 10.1 Å². The maximum atomic E-state index is 12.6. The number of thiophene rings is 1. The number of anilines is 1. The van der Waals surface area contributed by atoms with E-state index < -0.39 is 5.54 Å². The molecule has 7 heteroatoms. The number of hydrogen-bond acceptors (Lipinski definition) is 6. The van der Waals surface area contributed by atoms with Crippen molar-refractivity contribution in [3.05, 3.63) is 52.7 Å². The summed E-state index contributed by atoms with van der Waals surface area (Å²) in [6.45, 7) is 4.25. The number of nitrogens with one attached hydrogen (secondary N) is 1. The third-order valence-corrected chi connectivity index (χ3v) is 5.91. The van der Waals surface area contributed by atoms with E-state index >= 15 is 0 Å². The Balaban J connectivity index is 1.53. The predicted octanol–water partition coefficient (Wildman–Crippen LogP) is 4.51. The molecule has 1 aliphatic carbocycles. The molecule has 1 aliphatic rings. The highest BCUT2D eigenvalue weighted by atomic mass is 32.1. The number of amides is 1. The van der Waals surface area contributed by atoms with Crippen molar-refractivity contribution in [2.75, 3.05) is 5.32 Å². The fourth-order valence-corrected chi connectivity index (χ4v) is 3.86. The number of carbonyl (C=O) groups excluding carboxylic acids is 1. The number of hydrogen-bond donors (Lipinski definition) is 2. The lowest BCUT2D eigenvalue weighted by Gasteiger charge is -2.34. The molecule has 0 atom stereocenters. The number of aromatic nitrogens is 2. The van der Waals surface area contributed by atoms with Crippen LogP contribution in [0.3, 0.4) is 0 Å². The van der Waals surface area contributed by atoms with Crippen LogP contribution in [0.15, 0.2) is 40.2 Å². The molecule has 6 nitrogen and oxygen atoms in total. The van der Waals surface area contributed by atoms with E-state index in [1.54, 1.807) is 0 Å². The highest BCUT2D eigenvalue weighted by Crippen LogP contribution is 2.39. The SMILES string of the molecule is CC(C)c1ccc(C(=O)Nc2sccc2-c2nc(C3(N)CCC3)no2)cc1. The van der Waals surface area contributed by atoms with Crippen LogP contribution in [0.5, 0.6) is 0 Å². The van der Waals surface area contributed by atoms with Crippen LogP contribution in [-0.4, -0.2) is 16.0 Å². The van der Waals surface area contributed by atoms with Gasteiger partial charge in [0, 0.05) is 5.56 Å². The van der Waals surface area contributed by atoms with E-state index in [0.717, 1.165) is 19.3 Å². The Morgan fingerprint density at radius 1 is 1.26 bits per heavy atom. The van der Waals surface area contributed by atoms with Crippen LogP contribution in [0.4, 0.5) is 5.00 Å². The molecule has 0 aliphatic heterocycles. The Kier molecular flexibility index (Phi) is 4.57. The molecule has 2 heterocycles. The highest BCUT2D eigenvalue weighted by molar-refractivity contribution is 7.15. The third kappa shape index (κ3) is 3.40. The second-order valence-electron chi connectivity index (χ2n) is 7.33. The van der Waals surface area contributed by atoms with E-state index in [1.165, 1.54) is 16.9 Å². The van der Waals surface area contributed by atoms with Crippen LogP contribution in [-0.2, 0) is 5.54 Å². The van der Waals surface area contributed by atoms with Crippen LogP contribution in [0.1, 0.15) is 60.8 Å². The van der Waals surface area contributed by atoms with Gasteiger partial charge in [0.1, 0.15) is 5.00 Å². The first-order valence-corrected chi connectivity index (χ1v) is 9.96. The van der Waals surface area contributed by atoms with Crippen molar-refractivity contribution in [2.45, 2.75) is 44.6 Å². The van der Waals surface area contributed by atoms with Crippen LogP contribution in [0.2, 0.25) is 0 Å². The van der Waals surface area contributed by atoms with E-state index in [-0.39, 0.29) is 5.91 Å². The van der Waals surface area contributed by atoms with Gasteiger partial charge in [-0.3, -0.25) is 4.79 Å². The van der Waals surface area contributed by atoms with Gasteiger partial charge in [0.2, 0.25) is 0 Å². The first-order chi connectivity index (χ1) is 13.0. The first-order valence-electron chi connectivity index (χ1n) is 9.08. The number of nitrogens with two attached hydrogens (primary N) is 1. The Labute approximate surface area is 161 Å². The van der Waals surface area contributed by atoms with E-state index in [1.807, 2.05) is 35.7 Å². The van der Waals surface area contributed by atoms with Gasteiger partial charge in [0.25, 0.3) is 11.8 Å². The van der Waals surface area contributed by atoms with E-state index in [0.29, 0.717) is 33.8 Å². The molecule has 0 saturated heterocycles. The fourth-order valence-electron chi connectivity index (χ4n) is 3.09. The molecule has 1 fully saturated rings. The Bertz CT molecular complexity index is 955. The van der Waals surface area contributed by atoms with Gasteiger partial charge in [0.05, 0.1) is 11.1 Å². The van der Waals surface area contributed by atoms with Crippen molar-refractivity contribution >= 4 is 22.2 Å². The van der Waals surface area contributed by atoms with Gasteiger partial charge in [-0.2, -0.15) is 4.98 Å². The Morgan fingerprint density at radius 3 is 2.63 bits per heavy atom. The van der Waals surface area contributed by atoms with Gasteiger partial charge < -0.3 is 15.6 Å². The van der Waals surface area contributed by atoms with E-state index in [9.17, 15) is 4.79 Å². The minimum absolute atomic E-state index is 0.164. The lowest BCUT2D eigenvalue weighted by atomic mass is 9.77. The topological polar surface area (TPSA) is 94.0 Å². The van der Waals surface area contributed by atoms with Crippen LogP contribution in [0.25, 0.3) is 11.5 Å². The van der Waals surface area contributed by atoms with Crippen molar-refractivity contribution < 1.29 is 9.32 Å². The molecule has 0 spiro atoms. The summed E-state index contributed by atoms with van der Waals surface area (Å²) in [5.74, 6) is 1.19. The van der Waals surface area contributed by atoms with E-state index in [2.05, 4.69) is 29.3 Å². The molecule has 0 radical (unpaired) electrons. The molecule has 27 heavy (non-hydrogen) atoms. The van der Waals surface area contributed by atoms with Gasteiger partial charge in [-0.05, 0) is 54.3 Å². The normalized spacial score (nSPS) is 15.6. The minimum Gasteiger partial charge on any atom is -0.334 e. The molecule has 3 N–H and O–H groups in total. The summed E-state index contributed by atoms with van der Waals surface area (Å²) in [5.41, 5.74) is 8.32. The van der Waals surface area contributed by atoms with Crippen molar-refractivity contribution in [2.24, 2.45) is 5.73 Å². The fraction of sp³-hybridized carbons (Fsp3) is 0.350. The molecule has 1 amide bonds. The van der Waals surface area contributed by atoms with Gasteiger partial charge in [-0.25, -0.2) is 0 Å². The summed E-state index contributed by atoms with van der Waals surface area (Å²) in [7, 11) is 0. The Morgan fingerprint density at radius 2 is 2.00 bits per heavy atom. The summed E-state index contributed by atoms with van der Waals surface area (Å²) in [5, 5.41) is 9.57. The van der Waals surface area contributed by atoms with Gasteiger partial charge in [-0.15, -0.1) is 11.3 Å². The van der Waals surface area contributed by atoms with Crippen LogP contribution in [0, 0.1) is 0 Å². The van der Waals surface area contributed by atoms with Crippen LogP contribution >= 0.6 is 11.3 Å².